The van der Waals surface area contributed by atoms with Gasteiger partial charge in [-0.05, 0) is 49.1 Å². The Hall–Kier alpha value is -3.41. The number of carbonyl (C=O) groups is 3. The molecule has 0 spiro atoms. The van der Waals surface area contributed by atoms with Crippen molar-refractivity contribution in [2.75, 3.05) is 25.5 Å². The van der Waals surface area contributed by atoms with Crippen molar-refractivity contribution in [3.05, 3.63) is 71.3 Å². The minimum Gasteiger partial charge on any atom is -0.355 e. The van der Waals surface area contributed by atoms with E-state index < -0.39 is 0 Å². The number of benzene rings is 2. The predicted molar refractivity (Wildman–Crippen MR) is 118 cm³/mol. The zero-order valence-electron chi connectivity index (χ0n) is 17.4. The highest BCUT2D eigenvalue weighted by molar-refractivity contribution is 5.98. The highest BCUT2D eigenvalue weighted by atomic mass is 16.2. The van der Waals surface area contributed by atoms with Gasteiger partial charge in [0.1, 0.15) is 0 Å². The Bertz CT molecular complexity index is 945. The summed E-state index contributed by atoms with van der Waals surface area (Å²) in [6.45, 7) is 2.99. The number of carbonyl (C=O) groups excluding carboxylic acids is 3. The summed E-state index contributed by atoms with van der Waals surface area (Å²) >= 11 is 0. The summed E-state index contributed by atoms with van der Waals surface area (Å²) < 4.78 is 0. The lowest BCUT2D eigenvalue weighted by atomic mass is 9.95. The molecule has 3 rings (SSSR count). The van der Waals surface area contributed by atoms with Crippen LogP contribution >= 0.6 is 0 Å². The van der Waals surface area contributed by atoms with E-state index >= 15 is 0 Å². The zero-order chi connectivity index (χ0) is 21.5. The molecule has 1 heterocycles. The van der Waals surface area contributed by atoms with Crippen LogP contribution < -0.4 is 10.6 Å². The van der Waals surface area contributed by atoms with Gasteiger partial charge < -0.3 is 15.5 Å². The number of piperidine rings is 1. The van der Waals surface area contributed by atoms with Gasteiger partial charge in [0.15, 0.2) is 0 Å². The van der Waals surface area contributed by atoms with Crippen molar-refractivity contribution in [3.8, 4) is 0 Å². The van der Waals surface area contributed by atoms with Crippen molar-refractivity contribution in [1.29, 1.82) is 0 Å². The average molecular weight is 405 g/mol. The third-order valence-electron chi connectivity index (χ3n) is 5.38. The molecule has 0 unspecified atom stereocenters. The molecule has 30 heavy (non-hydrogen) atoms. The number of rotatable bonds is 5. The third-order valence-corrected chi connectivity index (χ3v) is 5.38. The summed E-state index contributed by atoms with van der Waals surface area (Å²) in [5.74, 6) is -0.456. The maximum Gasteiger partial charge on any atom is 0.251 e. The Balaban J connectivity index is 1.55. The standard InChI is InChI=1S/C24H27N3O3/c1-17-8-10-20(23(29)25-2)16-21(17)26-24(30)19-12-14-27(15-13-19)22(28)11-9-18-6-4-3-5-7-18/h3-11,16,19H,12-15H2,1-2H3,(H,25,29)(H,26,30)/b11-9+. The molecule has 6 nitrogen and oxygen atoms in total. The van der Waals surface area contributed by atoms with Gasteiger partial charge in [0.05, 0.1) is 0 Å². The van der Waals surface area contributed by atoms with Crippen LogP contribution in [0.25, 0.3) is 6.08 Å². The Morgan fingerprint density at radius 3 is 2.40 bits per heavy atom. The molecule has 0 aromatic heterocycles. The first-order chi connectivity index (χ1) is 14.5. The molecule has 0 aliphatic carbocycles. The number of hydrogen-bond acceptors (Lipinski definition) is 3. The van der Waals surface area contributed by atoms with Crippen molar-refractivity contribution in [1.82, 2.24) is 10.2 Å². The fraction of sp³-hybridized carbons (Fsp3) is 0.292. The van der Waals surface area contributed by atoms with Crippen LogP contribution in [0, 0.1) is 12.8 Å². The largest absolute Gasteiger partial charge is 0.355 e. The minimum atomic E-state index is -0.194. The third kappa shape index (κ3) is 5.35. The van der Waals surface area contributed by atoms with Crippen molar-refractivity contribution in [2.45, 2.75) is 19.8 Å². The lowest BCUT2D eigenvalue weighted by Gasteiger charge is -2.30. The molecule has 6 heteroatoms. The molecule has 2 N–H and O–H groups in total. The first-order valence-corrected chi connectivity index (χ1v) is 10.1. The number of likely N-dealkylation sites (tertiary alicyclic amines) is 1. The van der Waals surface area contributed by atoms with E-state index in [1.54, 1.807) is 30.2 Å². The Labute approximate surface area is 177 Å². The van der Waals surface area contributed by atoms with Gasteiger partial charge in [-0.15, -0.1) is 0 Å². The molecule has 1 aliphatic rings. The number of hydrogen-bond donors (Lipinski definition) is 2. The molecular weight excluding hydrogens is 378 g/mol. The Kier molecular flexibility index (Phi) is 7.01. The van der Waals surface area contributed by atoms with Gasteiger partial charge >= 0.3 is 0 Å². The maximum absolute atomic E-state index is 12.7. The van der Waals surface area contributed by atoms with Crippen LogP contribution in [0.2, 0.25) is 0 Å². The lowest BCUT2D eigenvalue weighted by molar-refractivity contribution is -0.130. The van der Waals surface area contributed by atoms with Crippen LogP contribution in [0.5, 0.6) is 0 Å². The van der Waals surface area contributed by atoms with E-state index in [1.165, 1.54) is 0 Å². The summed E-state index contributed by atoms with van der Waals surface area (Å²) in [4.78, 5) is 38.8. The van der Waals surface area contributed by atoms with E-state index in [-0.39, 0.29) is 23.6 Å². The van der Waals surface area contributed by atoms with E-state index in [2.05, 4.69) is 10.6 Å². The quantitative estimate of drug-likeness (QED) is 0.750. The van der Waals surface area contributed by atoms with E-state index in [0.717, 1.165) is 11.1 Å². The minimum absolute atomic E-state index is 0.0353. The molecule has 0 atom stereocenters. The fourth-order valence-electron chi connectivity index (χ4n) is 3.48. The molecule has 0 bridgehead atoms. The molecule has 0 radical (unpaired) electrons. The number of nitrogens with one attached hydrogen (secondary N) is 2. The van der Waals surface area contributed by atoms with Crippen LogP contribution in [0.15, 0.2) is 54.6 Å². The van der Waals surface area contributed by atoms with Gasteiger partial charge in [-0.25, -0.2) is 0 Å². The monoisotopic (exact) mass is 405 g/mol. The second-order valence-corrected chi connectivity index (χ2v) is 7.44. The van der Waals surface area contributed by atoms with Crippen molar-refractivity contribution in [3.63, 3.8) is 0 Å². The normalized spacial score (nSPS) is 14.5. The molecule has 3 amide bonds. The van der Waals surface area contributed by atoms with Gasteiger partial charge in [-0.3, -0.25) is 14.4 Å². The van der Waals surface area contributed by atoms with Gasteiger partial charge in [-0.1, -0.05) is 36.4 Å². The number of nitrogens with zero attached hydrogens (tertiary/aromatic N) is 1. The van der Waals surface area contributed by atoms with E-state index in [1.807, 2.05) is 49.4 Å². The van der Waals surface area contributed by atoms with E-state index in [0.29, 0.717) is 37.2 Å². The first kappa shape index (κ1) is 21.3. The average Bonchev–Trinajstić information content (AvgIpc) is 2.79. The highest BCUT2D eigenvalue weighted by Crippen LogP contribution is 2.22. The summed E-state index contributed by atoms with van der Waals surface area (Å²) in [5.41, 5.74) is 3.03. The summed E-state index contributed by atoms with van der Waals surface area (Å²) in [6, 6.07) is 14.9. The molecule has 2 aromatic carbocycles. The van der Waals surface area contributed by atoms with E-state index in [9.17, 15) is 14.4 Å². The number of aryl methyl sites for hydroxylation is 1. The number of amides is 3. The van der Waals surface area contributed by atoms with Gasteiger partial charge in [-0.2, -0.15) is 0 Å². The molecule has 0 saturated carbocycles. The zero-order valence-corrected chi connectivity index (χ0v) is 17.4. The summed E-state index contributed by atoms with van der Waals surface area (Å²) in [7, 11) is 1.57. The van der Waals surface area contributed by atoms with Crippen LogP contribution in [-0.2, 0) is 9.59 Å². The van der Waals surface area contributed by atoms with Gasteiger partial charge in [0.25, 0.3) is 5.91 Å². The molecule has 1 aliphatic heterocycles. The van der Waals surface area contributed by atoms with Crippen molar-refractivity contribution >= 4 is 29.5 Å². The molecule has 1 fully saturated rings. The van der Waals surface area contributed by atoms with Crippen LogP contribution in [0.4, 0.5) is 5.69 Å². The highest BCUT2D eigenvalue weighted by Gasteiger charge is 2.27. The van der Waals surface area contributed by atoms with Crippen molar-refractivity contribution < 1.29 is 14.4 Å². The Morgan fingerprint density at radius 2 is 1.73 bits per heavy atom. The van der Waals surface area contributed by atoms with Crippen LogP contribution in [-0.4, -0.2) is 42.8 Å². The SMILES string of the molecule is CNC(=O)c1ccc(C)c(NC(=O)C2CCN(C(=O)/C=C/c3ccccc3)CC2)c1. The summed E-state index contributed by atoms with van der Waals surface area (Å²) in [5, 5.41) is 5.54. The molecule has 2 aromatic rings. The number of anilines is 1. The van der Waals surface area contributed by atoms with E-state index in [4.69, 9.17) is 0 Å². The second-order valence-electron chi connectivity index (χ2n) is 7.44. The second kappa shape index (κ2) is 9.87. The topological polar surface area (TPSA) is 78.5 Å². The molecular formula is C24H27N3O3. The van der Waals surface area contributed by atoms with Gasteiger partial charge in [0, 0.05) is 43.4 Å². The maximum atomic E-state index is 12.7. The van der Waals surface area contributed by atoms with Crippen molar-refractivity contribution in [2.24, 2.45) is 5.92 Å². The smallest absolute Gasteiger partial charge is 0.251 e. The summed E-state index contributed by atoms with van der Waals surface area (Å²) in [6.07, 6.45) is 4.63. The fourth-order valence-corrected chi connectivity index (χ4v) is 3.48. The predicted octanol–water partition coefficient (Wildman–Crippen LogP) is 3.25. The van der Waals surface area contributed by atoms with Crippen LogP contribution in [0.3, 0.4) is 0 Å². The molecule has 1 saturated heterocycles. The van der Waals surface area contributed by atoms with Crippen LogP contribution in [0.1, 0.15) is 34.3 Å². The first-order valence-electron chi connectivity index (χ1n) is 10.1. The Morgan fingerprint density at radius 1 is 1.03 bits per heavy atom. The van der Waals surface area contributed by atoms with Gasteiger partial charge in [0.2, 0.25) is 11.8 Å². The lowest BCUT2D eigenvalue weighted by Crippen LogP contribution is -2.40. The molecule has 156 valence electrons.